The van der Waals surface area contributed by atoms with Gasteiger partial charge in [-0.3, -0.25) is 14.4 Å². The van der Waals surface area contributed by atoms with E-state index in [1.165, 1.54) is 96.3 Å². The van der Waals surface area contributed by atoms with Crippen LogP contribution < -0.4 is 0 Å². The Balaban J connectivity index is 0.000000120. The molecular weight excluding hydrogens is 840 g/mol. The van der Waals surface area contributed by atoms with Gasteiger partial charge in [-0.2, -0.15) is 0 Å². The Morgan fingerprint density at radius 1 is 0.471 bits per heavy atom. The Labute approximate surface area is 332 Å². The second kappa shape index (κ2) is 15.8. The van der Waals surface area contributed by atoms with Crippen molar-refractivity contribution < 1.29 is 28.6 Å². The van der Waals surface area contributed by atoms with E-state index < -0.39 is 0 Å². The maximum absolute atomic E-state index is 11.9. The molecular formula is C42H63Br3O6. The van der Waals surface area contributed by atoms with Crippen molar-refractivity contribution in [2.45, 2.75) is 153 Å². The lowest BCUT2D eigenvalue weighted by Crippen LogP contribution is -2.59. The highest BCUT2D eigenvalue weighted by Gasteiger charge is 2.60. The average molecular weight is 904 g/mol. The molecule has 0 N–H and O–H groups in total. The molecule has 0 saturated heterocycles. The maximum Gasteiger partial charge on any atom is 0.317 e. The van der Waals surface area contributed by atoms with Gasteiger partial charge in [-0.1, -0.05) is 61.6 Å². The number of rotatable bonds is 9. The van der Waals surface area contributed by atoms with Crippen LogP contribution >= 0.6 is 47.8 Å². The summed E-state index contributed by atoms with van der Waals surface area (Å²) in [4.78, 5) is 35.2. The molecule has 0 radical (unpaired) electrons. The Hall–Kier alpha value is -0.150. The van der Waals surface area contributed by atoms with Crippen LogP contribution in [0.15, 0.2) is 0 Å². The van der Waals surface area contributed by atoms with Gasteiger partial charge in [-0.15, -0.1) is 0 Å². The minimum Gasteiger partial charge on any atom is -0.458 e. The van der Waals surface area contributed by atoms with Gasteiger partial charge in [0.25, 0.3) is 0 Å². The summed E-state index contributed by atoms with van der Waals surface area (Å²) >= 11 is 9.74. The van der Waals surface area contributed by atoms with Gasteiger partial charge in [0.2, 0.25) is 0 Å². The van der Waals surface area contributed by atoms with E-state index in [1.807, 2.05) is 0 Å². The van der Waals surface area contributed by atoms with Crippen molar-refractivity contribution in [3.05, 3.63) is 0 Å². The first-order chi connectivity index (χ1) is 24.5. The van der Waals surface area contributed by atoms with Crippen LogP contribution in [0.5, 0.6) is 0 Å². The summed E-state index contributed by atoms with van der Waals surface area (Å²) in [6.45, 7) is 6.59. The van der Waals surface area contributed by atoms with E-state index in [0.717, 1.165) is 48.3 Å². The van der Waals surface area contributed by atoms with Crippen molar-refractivity contribution >= 4 is 65.7 Å². The smallest absolute Gasteiger partial charge is 0.317 e. The largest absolute Gasteiger partial charge is 0.458 e. The molecule has 0 unspecified atom stereocenters. The fraction of sp³-hybridized carbons (Fsp3) is 0.929. The zero-order valence-corrected chi connectivity index (χ0v) is 36.1. The van der Waals surface area contributed by atoms with Gasteiger partial charge >= 0.3 is 17.9 Å². The molecule has 0 aromatic carbocycles. The summed E-state index contributed by atoms with van der Waals surface area (Å²) < 4.78 is 17.7. The number of hydrogen-bond donors (Lipinski definition) is 0. The highest BCUT2D eigenvalue weighted by Crippen LogP contribution is 2.62. The molecule has 0 spiro atoms. The minimum atomic E-state index is -0.154. The Bertz CT molecular complexity index is 1200. The lowest BCUT2D eigenvalue weighted by molar-refractivity contribution is -0.210. The molecule has 0 atom stereocenters. The molecule has 12 rings (SSSR count). The second-order valence-corrected chi connectivity index (χ2v) is 20.8. The Morgan fingerprint density at radius 3 is 1.06 bits per heavy atom. The first-order valence-corrected chi connectivity index (χ1v) is 24.2. The standard InChI is InChI=1S/C15H23BrO2.C14H21BrO2.C13H19BrO2/c1-2-15(18-14(17)3-4-16)12-6-10-5-11(8-12)9-13(15)7-10;1-2-14(17-13(16)8-15)11-4-9-3-10(6-11)7-12(14)5-9;1-13(16-12(15)7-14)10-3-8-2-9(5-10)6-11(13)4-8/h10-13H,2-9H2,1H3;9-12H,2-8H2,1H3;8-11H,2-7H2,1H3. The van der Waals surface area contributed by atoms with E-state index in [2.05, 4.69) is 68.6 Å². The van der Waals surface area contributed by atoms with Crippen molar-refractivity contribution in [1.82, 2.24) is 0 Å². The first-order valence-electron chi connectivity index (χ1n) is 20.8. The van der Waals surface area contributed by atoms with Crippen LogP contribution in [0.1, 0.15) is 136 Å². The fourth-order valence-corrected chi connectivity index (χ4v) is 15.3. The summed E-state index contributed by atoms with van der Waals surface area (Å²) in [5.41, 5.74) is -0.372. The number of carbonyl (C=O) groups excluding carboxylic acids is 3. The molecule has 12 aliphatic rings. The van der Waals surface area contributed by atoms with E-state index in [9.17, 15) is 14.4 Å². The summed E-state index contributed by atoms with van der Waals surface area (Å²) in [5, 5.41) is 1.38. The zero-order valence-electron chi connectivity index (χ0n) is 31.4. The molecule has 12 fully saturated rings. The summed E-state index contributed by atoms with van der Waals surface area (Å²) in [6, 6.07) is 0. The third-order valence-electron chi connectivity index (χ3n) is 16.4. The third kappa shape index (κ3) is 7.44. The van der Waals surface area contributed by atoms with Gasteiger partial charge in [0.1, 0.15) is 27.5 Å². The molecule has 0 aliphatic heterocycles. The summed E-state index contributed by atoms with van der Waals surface area (Å²) in [6.07, 6.45) is 22.5. The van der Waals surface area contributed by atoms with Crippen LogP contribution in [0.4, 0.5) is 0 Å². The molecule has 12 aliphatic carbocycles. The minimum absolute atomic E-state index is 0.00111. The van der Waals surface area contributed by atoms with Crippen LogP contribution in [0.25, 0.3) is 0 Å². The van der Waals surface area contributed by atoms with Crippen LogP contribution in [0.3, 0.4) is 0 Å². The van der Waals surface area contributed by atoms with Crippen LogP contribution in [-0.4, -0.2) is 50.7 Å². The molecule has 6 nitrogen and oxygen atoms in total. The van der Waals surface area contributed by atoms with E-state index in [1.54, 1.807) is 0 Å². The van der Waals surface area contributed by atoms with Crippen molar-refractivity contribution in [3.8, 4) is 0 Å². The maximum atomic E-state index is 11.9. The van der Waals surface area contributed by atoms with E-state index in [0.29, 0.717) is 57.9 Å². The number of ether oxygens (including phenoxy) is 3. The quantitative estimate of drug-likeness (QED) is 0.130. The van der Waals surface area contributed by atoms with Gasteiger partial charge in [0.15, 0.2) is 0 Å². The lowest BCUT2D eigenvalue weighted by atomic mass is 9.49. The van der Waals surface area contributed by atoms with Gasteiger partial charge in [0.05, 0.1) is 6.42 Å². The number of esters is 3. The molecule has 0 amide bonds. The number of alkyl halides is 3. The van der Waals surface area contributed by atoms with E-state index >= 15 is 0 Å². The Morgan fingerprint density at radius 2 is 0.765 bits per heavy atom. The van der Waals surface area contributed by atoms with Crippen molar-refractivity contribution in [2.75, 3.05) is 16.0 Å². The normalized spacial score (nSPS) is 47.2. The predicted molar refractivity (Wildman–Crippen MR) is 210 cm³/mol. The zero-order chi connectivity index (χ0) is 36.1. The molecule has 12 bridgehead atoms. The number of halogens is 3. The number of hydrogen-bond acceptors (Lipinski definition) is 6. The van der Waals surface area contributed by atoms with E-state index in [-0.39, 0.29) is 34.7 Å². The van der Waals surface area contributed by atoms with Crippen molar-refractivity contribution in [2.24, 2.45) is 71.0 Å². The monoisotopic (exact) mass is 900 g/mol. The summed E-state index contributed by atoms with van der Waals surface area (Å²) in [5.74, 6) is 9.28. The Kier molecular flexibility index (Phi) is 12.1. The van der Waals surface area contributed by atoms with Crippen LogP contribution in [-0.2, 0) is 28.6 Å². The number of carbonyl (C=O) groups is 3. The van der Waals surface area contributed by atoms with Gasteiger partial charge in [0, 0.05) is 5.33 Å². The molecule has 0 aromatic heterocycles. The van der Waals surface area contributed by atoms with Gasteiger partial charge in [-0.05, 0) is 187 Å². The van der Waals surface area contributed by atoms with Crippen LogP contribution in [0.2, 0.25) is 0 Å². The predicted octanol–water partition coefficient (Wildman–Crippen LogP) is 10.6. The fourth-order valence-electron chi connectivity index (χ4n) is 14.7. The SMILES string of the molecule is CC1(OC(=O)CBr)C2CC3CC(C2)CC1C3.CCC1(OC(=O)CBr)C2CC3CC(C2)CC1C3.CCC1(OC(=O)CCBr)C2CC3CC(C2)CC1C3. The highest BCUT2D eigenvalue weighted by atomic mass is 79.9. The molecule has 12 saturated carbocycles. The molecule has 0 heterocycles. The van der Waals surface area contributed by atoms with Crippen LogP contribution in [0, 0.1) is 71.0 Å². The molecule has 51 heavy (non-hydrogen) atoms. The second-order valence-electron chi connectivity index (χ2n) is 18.8. The average Bonchev–Trinajstić information content (AvgIpc) is 3.10. The highest BCUT2D eigenvalue weighted by molar-refractivity contribution is 9.09. The molecule has 9 heteroatoms. The van der Waals surface area contributed by atoms with Gasteiger partial charge < -0.3 is 14.2 Å². The van der Waals surface area contributed by atoms with Crippen molar-refractivity contribution in [1.29, 1.82) is 0 Å². The molecule has 0 aromatic rings. The van der Waals surface area contributed by atoms with Gasteiger partial charge in [-0.25, -0.2) is 0 Å². The van der Waals surface area contributed by atoms with Crippen molar-refractivity contribution in [3.63, 3.8) is 0 Å². The lowest BCUT2D eigenvalue weighted by Gasteiger charge is -2.60. The molecule has 288 valence electrons. The topological polar surface area (TPSA) is 78.9 Å². The summed E-state index contributed by atoms with van der Waals surface area (Å²) in [7, 11) is 0. The van der Waals surface area contributed by atoms with E-state index in [4.69, 9.17) is 14.2 Å². The third-order valence-corrected chi connectivity index (χ3v) is 17.7. The first kappa shape index (κ1) is 39.1.